The summed E-state index contributed by atoms with van der Waals surface area (Å²) in [6.07, 6.45) is 0.838. The Kier molecular flexibility index (Phi) is 5.23. The number of anilines is 1. The number of hydrogen-bond donors (Lipinski definition) is 3. The number of hydrogen-bond acceptors (Lipinski definition) is 8. The van der Waals surface area contributed by atoms with E-state index in [0.717, 1.165) is 6.07 Å². The van der Waals surface area contributed by atoms with Gasteiger partial charge >= 0.3 is 0 Å². The fourth-order valence-corrected chi connectivity index (χ4v) is 4.02. The van der Waals surface area contributed by atoms with Crippen LogP contribution in [0, 0.1) is 5.82 Å². The Morgan fingerprint density at radius 3 is 2.73 bits per heavy atom. The SMILES string of the molecule is [B]c1cc(N=C(NO)c2nonc2NC2CCS(=O)(=O)CC2)ccc1F. The van der Waals surface area contributed by atoms with E-state index < -0.39 is 15.7 Å². The number of halogens is 1. The molecule has 1 fully saturated rings. The Morgan fingerprint density at radius 1 is 1.35 bits per heavy atom. The van der Waals surface area contributed by atoms with Gasteiger partial charge < -0.3 is 5.32 Å². The third kappa shape index (κ3) is 4.19. The second-order valence-corrected chi connectivity index (χ2v) is 8.11. The second-order valence-electron chi connectivity index (χ2n) is 5.81. The van der Waals surface area contributed by atoms with Crippen LogP contribution in [0.5, 0.6) is 0 Å². The summed E-state index contributed by atoms with van der Waals surface area (Å²) < 4.78 is 40.9. The van der Waals surface area contributed by atoms with Crippen molar-refractivity contribution < 1.29 is 22.6 Å². The molecule has 3 N–H and O–H groups in total. The third-order valence-corrected chi connectivity index (χ3v) is 5.65. The molecule has 2 heterocycles. The minimum Gasteiger partial charge on any atom is -0.362 e. The van der Waals surface area contributed by atoms with Gasteiger partial charge in [0.25, 0.3) is 0 Å². The molecular weight excluding hydrogens is 364 g/mol. The van der Waals surface area contributed by atoms with Crippen LogP contribution in [0.15, 0.2) is 27.8 Å². The van der Waals surface area contributed by atoms with Crippen molar-refractivity contribution in [2.45, 2.75) is 18.9 Å². The molecule has 1 aromatic heterocycles. The summed E-state index contributed by atoms with van der Waals surface area (Å²) in [4.78, 5) is 4.11. The molecule has 1 saturated heterocycles. The lowest BCUT2D eigenvalue weighted by Gasteiger charge is -2.22. The van der Waals surface area contributed by atoms with E-state index in [0.29, 0.717) is 12.8 Å². The van der Waals surface area contributed by atoms with Gasteiger partial charge in [0, 0.05) is 6.04 Å². The molecule has 136 valence electrons. The number of rotatable bonds is 4. The predicted molar refractivity (Wildman–Crippen MR) is 92.5 cm³/mol. The van der Waals surface area contributed by atoms with Gasteiger partial charge in [0.05, 0.1) is 17.2 Å². The van der Waals surface area contributed by atoms with E-state index in [1.807, 2.05) is 5.48 Å². The zero-order chi connectivity index (χ0) is 18.7. The Balaban J connectivity index is 1.81. The summed E-state index contributed by atoms with van der Waals surface area (Å²) in [5, 5.41) is 19.8. The Bertz CT molecular complexity index is 919. The van der Waals surface area contributed by atoms with Crippen LogP contribution in [0.1, 0.15) is 18.5 Å². The van der Waals surface area contributed by atoms with Crippen molar-refractivity contribution >= 4 is 40.5 Å². The molecule has 1 aromatic carbocycles. The fraction of sp³-hybridized carbons (Fsp3) is 0.357. The number of aromatic nitrogens is 2. The first-order valence-electron chi connectivity index (χ1n) is 7.71. The van der Waals surface area contributed by atoms with E-state index in [9.17, 15) is 18.0 Å². The van der Waals surface area contributed by atoms with Crippen LogP contribution in [0.25, 0.3) is 0 Å². The molecule has 0 amide bonds. The molecule has 0 bridgehead atoms. The Hall–Kier alpha value is -2.47. The maximum atomic E-state index is 13.2. The zero-order valence-electron chi connectivity index (χ0n) is 13.5. The summed E-state index contributed by atoms with van der Waals surface area (Å²) in [5.41, 5.74) is 2.16. The number of nitrogens with one attached hydrogen (secondary N) is 2. The lowest BCUT2D eigenvalue weighted by atomic mass is 9.95. The van der Waals surface area contributed by atoms with Crippen molar-refractivity contribution in [2.24, 2.45) is 4.99 Å². The molecule has 2 aromatic rings. The number of hydroxylamine groups is 1. The summed E-state index contributed by atoms with van der Waals surface area (Å²) in [6, 6.07) is 3.67. The van der Waals surface area contributed by atoms with Crippen LogP contribution >= 0.6 is 0 Å². The van der Waals surface area contributed by atoms with E-state index >= 15 is 0 Å². The molecule has 0 unspecified atom stereocenters. The molecule has 0 saturated carbocycles. The molecule has 9 nitrogen and oxygen atoms in total. The van der Waals surface area contributed by atoms with Gasteiger partial charge in [-0.3, -0.25) is 10.7 Å². The van der Waals surface area contributed by atoms with Gasteiger partial charge in [-0.1, -0.05) is 5.46 Å². The Labute approximate surface area is 149 Å². The van der Waals surface area contributed by atoms with Crippen molar-refractivity contribution in [3.8, 4) is 0 Å². The van der Waals surface area contributed by atoms with Crippen molar-refractivity contribution in [3.05, 3.63) is 29.7 Å². The first-order valence-corrected chi connectivity index (χ1v) is 9.54. The van der Waals surface area contributed by atoms with Crippen LogP contribution in [0.4, 0.5) is 15.9 Å². The van der Waals surface area contributed by atoms with Crippen LogP contribution in [-0.2, 0) is 9.84 Å². The normalized spacial score (nSPS) is 17.8. The van der Waals surface area contributed by atoms with E-state index in [4.69, 9.17) is 12.5 Å². The summed E-state index contributed by atoms with van der Waals surface area (Å²) in [7, 11) is 2.50. The molecular formula is C14H15BFN5O4S. The maximum absolute atomic E-state index is 13.2. The largest absolute Gasteiger partial charge is 0.362 e. The number of benzene rings is 1. The van der Waals surface area contributed by atoms with Crippen molar-refractivity contribution in [1.29, 1.82) is 0 Å². The van der Waals surface area contributed by atoms with E-state index in [1.165, 1.54) is 12.1 Å². The van der Waals surface area contributed by atoms with Crippen molar-refractivity contribution in [2.75, 3.05) is 16.8 Å². The van der Waals surface area contributed by atoms with Gasteiger partial charge in [-0.25, -0.2) is 22.4 Å². The highest BCUT2D eigenvalue weighted by atomic mass is 32.2. The minimum atomic E-state index is -2.99. The molecule has 0 spiro atoms. The van der Waals surface area contributed by atoms with Crippen LogP contribution in [0.3, 0.4) is 0 Å². The lowest BCUT2D eigenvalue weighted by Crippen LogP contribution is -2.33. The Morgan fingerprint density at radius 2 is 2.08 bits per heavy atom. The van der Waals surface area contributed by atoms with Crippen LogP contribution in [-0.4, -0.2) is 55.2 Å². The average molecular weight is 379 g/mol. The number of nitrogens with zero attached hydrogens (tertiary/aromatic N) is 3. The van der Waals surface area contributed by atoms with Gasteiger partial charge in [-0.05, 0) is 41.4 Å². The van der Waals surface area contributed by atoms with Crippen LogP contribution in [0.2, 0.25) is 0 Å². The van der Waals surface area contributed by atoms with Crippen molar-refractivity contribution in [3.63, 3.8) is 0 Å². The second kappa shape index (κ2) is 7.42. The quantitative estimate of drug-likeness (QED) is 0.294. The molecule has 1 aliphatic heterocycles. The van der Waals surface area contributed by atoms with Gasteiger partial charge in [0.2, 0.25) is 5.82 Å². The molecule has 12 heteroatoms. The standard InChI is InChI=1S/C14H15BFN5O4S/c15-10-7-9(1-2-11(10)16)18-13(19-22)12-14(21-25-20-12)17-8-3-5-26(23,24)6-4-8/h1-2,7-8,22H,3-6H2,(H,17,21)(H,18,19). The van der Waals surface area contributed by atoms with E-state index in [-0.39, 0.29) is 46.0 Å². The minimum absolute atomic E-state index is 0.0827. The van der Waals surface area contributed by atoms with Crippen LogP contribution < -0.4 is 16.3 Å². The molecule has 1 aliphatic rings. The number of amidine groups is 1. The monoisotopic (exact) mass is 379 g/mol. The molecule has 3 rings (SSSR count). The van der Waals surface area contributed by atoms with E-state index in [1.54, 1.807) is 0 Å². The highest BCUT2D eigenvalue weighted by Crippen LogP contribution is 2.20. The third-order valence-electron chi connectivity index (χ3n) is 3.93. The summed E-state index contributed by atoms with van der Waals surface area (Å²) in [5.74, 6) is -0.313. The summed E-state index contributed by atoms with van der Waals surface area (Å²) in [6.45, 7) is 0. The molecule has 2 radical (unpaired) electrons. The van der Waals surface area contributed by atoms with E-state index in [2.05, 4.69) is 20.6 Å². The highest BCUT2D eigenvalue weighted by Gasteiger charge is 2.26. The van der Waals surface area contributed by atoms with Gasteiger partial charge in [0.1, 0.15) is 23.5 Å². The average Bonchev–Trinajstić information content (AvgIpc) is 3.06. The molecule has 0 atom stereocenters. The van der Waals surface area contributed by atoms with Gasteiger partial charge in [-0.15, -0.1) is 0 Å². The first kappa shape index (κ1) is 18.3. The topological polar surface area (TPSA) is 130 Å². The molecule has 26 heavy (non-hydrogen) atoms. The van der Waals surface area contributed by atoms with Gasteiger partial charge in [0.15, 0.2) is 11.5 Å². The lowest BCUT2D eigenvalue weighted by molar-refractivity contribution is 0.234. The van der Waals surface area contributed by atoms with Crippen molar-refractivity contribution in [1.82, 2.24) is 15.8 Å². The number of sulfone groups is 1. The molecule has 0 aliphatic carbocycles. The first-order chi connectivity index (χ1) is 12.4. The zero-order valence-corrected chi connectivity index (χ0v) is 14.3. The predicted octanol–water partition coefficient (Wildman–Crippen LogP) is 0.0487. The summed E-state index contributed by atoms with van der Waals surface area (Å²) >= 11 is 0. The maximum Gasteiger partial charge on any atom is 0.202 e. The fourth-order valence-electron chi connectivity index (χ4n) is 2.53. The highest BCUT2D eigenvalue weighted by molar-refractivity contribution is 7.91. The van der Waals surface area contributed by atoms with Gasteiger partial charge in [-0.2, -0.15) is 0 Å². The smallest absolute Gasteiger partial charge is 0.202 e. The number of aliphatic imine (C=N–C) groups is 1.